The van der Waals surface area contributed by atoms with Gasteiger partial charge in [0.05, 0.1) is 9.82 Å². The van der Waals surface area contributed by atoms with Gasteiger partial charge in [-0.3, -0.25) is 20.3 Å². The Morgan fingerprint density at radius 3 is 2.13 bits per heavy atom. The van der Waals surface area contributed by atoms with Gasteiger partial charge in [0.25, 0.3) is 21.6 Å². The molecule has 0 saturated carbocycles. The van der Waals surface area contributed by atoms with E-state index in [0.717, 1.165) is 24.3 Å². The minimum absolute atomic E-state index is 0.209. The molecule has 2 aromatic rings. The average Bonchev–Trinajstić information content (AvgIpc) is 2.53. The first kappa shape index (κ1) is 16.9. The van der Waals surface area contributed by atoms with Crippen LogP contribution in [0.5, 0.6) is 0 Å². The van der Waals surface area contributed by atoms with Crippen molar-refractivity contribution in [3.8, 4) is 0 Å². The number of rotatable bonds is 5. The fourth-order valence-electron chi connectivity index (χ4n) is 1.59. The maximum absolute atomic E-state index is 12.0. The number of nitrogens with one attached hydrogen (secondary N) is 2. The Kier molecular flexibility index (Phi) is 4.94. The first-order valence-electron chi connectivity index (χ1n) is 6.12. The molecule has 0 radical (unpaired) electrons. The topological polar surface area (TPSA) is 118 Å². The number of benzene rings is 2. The highest BCUT2D eigenvalue weighted by Crippen LogP contribution is 2.15. The van der Waals surface area contributed by atoms with Crippen LogP contribution in [-0.2, 0) is 10.0 Å². The zero-order chi connectivity index (χ0) is 17.0. The molecule has 0 aromatic heterocycles. The van der Waals surface area contributed by atoms with Crippen LogP contribution in [0.1, 0.15) is 10.4 Å². The van der Waals surface area contributed by atoms with Crippen molar-refractivity contribution in [2.45, 2.75) is 4.90 Å². The van der Waals surface area contributed by atoms with Gasteiger partial charge in [0.15, 0.2) is 0 Å². The van der Waals surface area contributed by atoms with Gasteiger partial charge in [-0.05, 0) is 36.4 Å². The second-order valence-corrected chi connectivity index (χ2v) is 6.44. The van der Waals surface area contributed by atoms with Crippen LogP contribution in [0.25, 0.3) is 0 Å². The van der Waals surface area contributed by atoms with Crippen LogP contribution < -0.4 is 10.3 Å². The Morgan fingerprint density at radius 1 is 1.04 bits per heavy atom. The van der Waals surface area contributed by atoms with E-state index in [2.05, 4.69) is 0 Å². The average molecular weight is 356 g/mol. The van der Waals surface area contributed by atoms with Crippen molar-refractivity contribution >= 4 is 33.2 Å². The molecule has 8 nitrogen and oxygen atoms in total. The number of nitro groups is 1. The molecule has 0 fully saturated rings. The van der Waals surface area contributed by atoms with Gasteiger partial charge >= 0.3 is 0 Å². The summed E-state index contributed by atoms with van der Waals surface area (Å²) in [5.41, 5.74) is 2.01. The Balaban J connectivity index is 2.07. The summed E-state index contributed by atoms with van der Waals surface area (Å²) in [7, 11) is -4.04. The normalized spacial score (nSPS) is 11.0. The monoisotopic (exact) mass is 355 g/mol. The van der Waals surface area contributed by atoms with Gasteiger partial charge in [-0.1, -0.05) is 11.6 Å². The summed E-state index contributed by atoms with van der Waals surface area (Å²) in [6.07, 6.45) is 0. The summed E-state index contributed by atoms with van der Waals surface area (Å²) in [6.45, 7) is 0. The summed E-state index contributed by atoms with van der Waals surface area (Å²) in [5, 5.41) is 11.0. The molecule has 2 N–H and O–H groups in total. The number of hydrazine groups is 1. The van der Waals surface area contributed by atoms with E-state index in [4.69, 9.17) is 11.6 Å². The molecular weight excluding hydrogens is 346 g/mol. The smallest absolute Gasteiger partial charge is 0.269 e. The van der Waals surface area contributed by atoms with Crippen LogP contribution in [0.2, 0.25) is 5.02 Å². The number of carbonyl (C=O) groups is 1. The first-order valence-corrected chi connectivity index (χ1v) is 7.98. The number of hydrogen-bond donors (Lipinski definition) is 2. The molecular formula is C13H10ClN3O5S. The van der Waals surface area contributed by atoms with E-state index in [9.17, 15) is 23.3 Å². The van der Waals surface area contributed by atoms with Crippen molar-refractivity contribution in [1.29, 1.82) is 0 Å². The number of halogens is 1. The number of nitrogens with zero attached hydrogens (tertiary/aromatic N) is 1. The zero-order valence-corrected chi connectivity index (χ0v) is 13.0. The molecule has 23 heavy (non-hydrogen) atoms. The van der Waals surface area contributed by atoms with Crippen LogP contribution >= 0.6 is 11.6 Å². The van der Waals surface area contributed by atoms with Crippen molar-refractivity contribution in [2.24, 2.45) is 0 Å². The molecule has 0 saturated heterocycles. The molecule has 10 heteroatoms. The van der Waals surface area contributed by atoms with Crippen molar-refractivity contribution in [1.82, 2.24) is 10.3 Å². The summed E-state index contributed by atoms with van der Waals surface area (Å²) in [5.74, 6) is -0.674. The van der Waals surface area contributed by atoms with Gasteiger partial charge in [0.2, 0.25) is 0 Å². The van der Waals surface area contributed by atoms with Gasteiger partial charge in [0.1, 0.15) is 0 Å². The lowest BCUT2D eigenvalue weighted by Crippen LogP contribution is -2.41. The highest BCUT2D eigenvalue weighted by atomic mass is 35.5. The van der Waals surface area contributed by atoms with E-state index in [0.29, 0.717) is 5.02 Å². The largest absolute Gasteiger partial charge is 0.273 e. The highest BCUT2D eigenvalue weighted by Gasteiger charge is 2.17. The molecule has 0 unspecified atom stereocenters. The molecule has 120 valence electrons. The minimum Gasteiger partial charge on any atom is -0.273 e. The van der Waals surface area contributed by atoms with E-state index in [1.807, 2.05) is 10.3 Å². The van der Waals surface area contributed by atoms with Gasteiger partial charge < -0.3 is 0 Å². The summed E-state index contributed by atoms with van der Waals surface area (Å²) >= 11 is 5.69. The summed E-state index contributed by atoms with van der Waals surface area (Å²) in [4.78, 5) is 23.4. The van der Waals surface area contributed by atoms with E-state index in [-0.39, 0.29) is 16.1 Å². The molecule has 0 atom stereocenters. The van der Waals surface area contributed by atoms with Crippen molar-refractivity contribution in [3.05, 3.63) is 69.2 Å². The lowest BCUT2D eigenvalue weighted by atomic mass is 10.2. The number of carbonyl (C=O) groups excluding carboxylic acids is 1. The molecule has 0 bridgehead atoms. The Bertz CT molecular complexity index is 835. The third-order valence-corrected chi connectivity index (χ3v) is 4.28. The number of amides is 1. The van der Waals surface area contributed by atoms with Crippen LogP contribution in [0.15, 0.2) is 53.4 Å². The van der Waals surface area contributed by atoms with Gasteiger partial charge in [-0.2, -0.15) is 0 Å². The Labute approximate surface area is 136 Å². The maximum Gasteiger partial charge on any atom is 0.269 e. The van der Waals surface area contributed by atoms with E-state index < -0.39 is 20.9 Å². The summed E-state index contributed by atoms with van der Waals surface area (Å²) < 4.78 is 24.0. The maximum atomic E-state index is 12.0. The molecule has 1 amide bonds. The fourth-order valence-corrected chi connectivity index (χ4v) is 2.56. The fraction of sp³-hybridized carbons (Fsp3) is 0. The van der Waals surface area contributed by atoms with Crippen LogP contribution in [0.3, 0.4) is 0 Å². The predicted molar refractivity (Wildman–Crippen MR) is 82.3 cm³/mol. The van der Waals surface area contributed by atoms with Crippen molar-refractivity contribution in [3.63, 3.8) is 0 Å². The van der Waals surface area contributed by atoms with Crippen LogP contribution in [0.4, 0.5) is 5.69 Å². The van der Waals surface area contributed by atoms with Gasteiger partial charge in [0, 0.05) is 22.7 Å². The predicted octanol–water partition coefficient (Wildman–Crippen LogP) is 1.87. The molecule has 0 aliphatic rings. The molecule has 0 aliphatic carbocycles. The molecule has 0 aliphatic heterocycles. The van der Waals surface area contributed by atoms with Crippen molar-refractivity contribution < 1.29 is 18.1 Å². The third kappa shape index (κ3) is 4.25. The second kappa shape index (κ2) is 6.73. The number of hydrogen-bond acceptors (Lipinski definition) is 5. The van der Waals surface area contributed by atoms with E-state index in [1.165, 1.54) is 24.3 Å². The lowest BCUT2D eigenvalue weighted by Gasteiger charge is -2.08. The molecule has 2 rings (SSSR count). The number of nitro benzene ring substituents is 1. The summed E-state index contributed by atoms with van der Waals surface area (Å²) in [6, 6.07) is 10.1. The van der Waals surface area contributed by atoms with Crippen LogP contribution in [0, 0.1) is 10.1 Å². The lowest BCUT2D eigenvalue weighted by molar-refractivity contribution is -0.384. The minimum atomic E-state index is -4.04. The van der Waals surface area contributed by atoms with E-state index >= 15 is 0 Å². The van der Waals surface area contributed by atoms with Crippen LogP contribution in [-0.4, -0.2) is 19.2 Å². The van der Waals surface area contributed by atoms with Gasteiger partial charge in [-0.25, -0.2) is 8.42 Å². The zero-order valence-electron chi connectivity index (χ0n) is 11.4. The Morgan fingerprint density at radius 2 is 1.61 bits per heavy atom. The first-order chi connectivity index (χ1) is 10.8. The molecule has 0 heterocycles. The molecule has 0 spiro atoms. The third-order valence-electron chi connectivity index (χ3n) is 2.76. The van der Waals surface area contributed by atoms with Gasteiger partial charge in [-0.15, -0.1) is 4.83 Å². The molecule has 2 aromatic carbocycles. The quantitative estimate of drug-likeness (QED) is 0.627. The standard InChI is InChI=1S/C13H10ClN3O5S/c14-10-3-1-9(2-4-10)13(18)15-16-23(21,22)12-7-5-11(6-8-12)17(19)20/h1-8,16H,(H,15,18). The second-order valence-electron chi connectivity index (χ2n) is 4.32. The van der Waals surface area contributed by atoms with E-state index in [1.54, 1.807) is 0 Å². The highest BCUT2D eigenvalue weighted by molar-refractivity contribution is 7.89. The number of sulfonamides is 1. The SMILES string of the molecule is O=C(NNS(=O)(=O)c1ccc([N+](=O)[O-])cc1)c1ccc(Cl)cc1. The van der Waals surface area contributed by atoms with Crippen molar-refractivity contribution in [2.75, 3.05) is 0 Å². The number of non-ortho nitro benzene ring substituents is 1. The Hall–Kier alpha value is -2.49.